The van der Waals surface area contributed by atoms with Crippen molar-refractivity contribution in [2.24, 2.45) is 11.7 Å². The van der Waals surface area contributed by atoms with Crippen LogP contribution in [0.15, 0.2) is 24.3 Å². The Hall–Kier alpha value is -1.35. The number of fused-ring (bicyclic) bond motifs is 1. The van der Waals surface area contributed by atoms with Crippen LogP contribution in [0.25, 0.3) is 0 Å². The fourth-order valence-electron chi connectivity index (χ4n) is 3.93. The molecule has 1 fully saturated rings. The third-order valence-corrected chi connectivity index (χ3v) is 5.20. The molecule has 3 N–H and O–H groups in total. The number of carbonyl (C=O) groups is 1. The monoisotopic (exact) mass is 286 g/mol. The Morgan fingerprint density at radius 3 is 2.86 bits per heavy atom. The quantitative estimate of drug-likeness (QED) is 0.894. The second-order valence-electron chi connectivity index (χ2n) is 6.65. The molecule has 0 aliphatic heterocycles. The van der Waals surface area contributed by atoms with Gasteiger partial charge in [0, 0.05) is 24.9 Å². The number of nitrogens with two attached hydrogens (primary N) is 1. The molecule has 0 saturated heterocycles. The number of aryl methyl sites for hydroxylation is 1. The first-order valence-electron chi connectivity index (χ1n) is 8.34. The summed E-state index contributed by atoms with van der Waals surface area (Å²) in [5.74, 6) is 1.06. The van der Waals surface area contributed by atoms with Gasteiger partial charge in [-0.2, -0.15) is 0 Å². The van der Waals surface area contributed by atoms with Crippen molar-refractivity contribution in [3.05, 3.63) is 35.4 Å². The summed E-state index contributed by atoms with van der Waals surface area (Å²) in [6.45, 7) is 0.776. The summed E-state index contributed by atoms with van der Waals surface area (Å²) in [5.41, 5.74) is 8.94. The van der Waals surface area contributed by atoms with Gasteiger partial charge in [0.1, 0.15) is 0 Å². The number of amides is 1. The Kier molecular flexibility index (Phi) is 4.59. The van der Waals surface area contributed by atoms with Crippen LogP contribution in [0.4, 0.5) is 0 Å². The van der Waals surface area contributed by atoms with E-state index in [0.717, 1.165) is 19.4 Å². The lowest BCUT2D eigenvalue weighted by Gasteiger charge is -2.26. The van der Waals surface area contributed by atoms with E-state index >= 15 is 0 Å². The van der Waals surface area contributed by atoms with Gasteiger partial charge >= 0.3 is 0 Å². The summed E-state index contributed by atoms with van der Waals surface area (Å²) in [5, 5.41) is 3.15. The zero-order valence-corrected chi connectivity index (χ0v) is 12.7. The van der Waals surface area contributed by atoms with E-state index in [1.165, 1.54) is 36.8 Å². The highest BCUT2D eigenvalue weighted by Crippen LogP contribution is 2.31. The number of nitrogens with one attached hydrogen (secondary N) is 1. The number of carbonyl (C=O) groups excluding carboxylic acids is 1. The molecule has 3 heteroatoms. The van der Waals surface area contributed by atoms with Gasteiger partial charge in [0.15, 0.2) is 0 Å². The molecule has 0 radical (unpaired) electrons. The maximum Gasteiger partial charge on any atom is 0.220 e. The minimum atomic E-state index is 0.181. The maximum absolute atomic E-state index is 12.1. The molecule has 3 nitrogen and oxygen atoms in total. The summed E-state index contributed by atoms with van der Waals surface area (Å²) in [6, 6.07) is 8.89. The average Bonchev–Trinajstić information content (AvgIpc) is 2.90. The summed E-state index contributed by atoms with van der Waals surface area (Å²) >= 11 is 0. The van der Waals surface area contributed by atoms with Crippen molar-refractivity contribution in [1.29, 1.82) is 0 Å². The van der Waals surface area contributed by atoms with Crippen molar-refractivity contribution in [2.45, 2.75) is 56.9 Å². The molecule has 0 spiro atoms. The van der Waals surface area contributed by atoms with Crippen molar-refractivity contribution in [3.63, 3.8) is 0 Å². The Morgan fingerprint density at radius 1 is 1.19 bits per heavy atom. The van der Waals surface area contributed by atoms with Crippen LogP contribution >= 0.6 is 0 Å². The van der Waals surface area contributed by atoms with E-state index in [1.54, 1.807) is 0 Å². The molecule has 0 aromatic heterocycles. The highest BCUT2D eigenvalue weighted by Gasteiger charge is 2.26. The van der Waals surface area contributed by atoms with Crippen LogP contribution in [0, 0.1) is 5.92 Å². The van der Waals surface area contributed by atoms with E-state index < -0.39 is 0 Å². The first-order valence-corrected chi connectivity index (χ1v) is 8.34. The van der Waals surface area contributed by atoms with Crippen LogP contribution < -0.4 is 11.1 Å². The summed E-state index contributed by atoms with van der Waals surface area (Å²) in [4.78, 5) is 12.1. The average molecular weight is 286 g/mol. The zero-order valence-electron chi connectivity index (χ0n) is 12.7. The molecule has 1 amide bonds. The molecular formula is C18H26N2O. The highest BCUT2D eigenvalue weighted by molar-refractivity contribution is 5.76. The normalized spacial score (nSPS) is 28.1. The zero-order chi connectivity index (χ0) is 14.7. The van der Waals surface area contributed by atoms with Gasteiger partial charge in [-0.3, -0.25) is 4.79 Å². The minimum Gasteiger partial charge on any atom is -0.355 e. The maximum atomic E-state index is 12.1. The van der Waals surface area contributed by atoms with Crippen molar-refractivity contribution in [3.8, 4) is 0 Å². The smallest absolute Gasteiger partial charge is 0.220 e. The topological polar surface area (TPSA) is 55.1 Å². The van der Waals surface area contributed by atoms with Crippen LogP contribution in [0.5, 0.6) is 0 Å². The fourth-order valence-corrected chi connectivity index (χ4v) is 3.93. The third kappa shape index (κ3) is 3.46. The van der Waals surface area contributed by atoms with Gasteiger partial charge in [0.2, 0.25) is 5.91 Å². The molecule has 1 saturated carbocycles. The molecule has 114 valence electrons. The van der Waals surface area contributed by atoms with Gasteiger partial charge < -0.3 is 11.1 Å². The molecular weight excluding hydrogens is 260 g/mol. The second kappa shape index (κ2) is 6.61. The van der Waals surface area contributed by atoms with Crippen LogP contribution in [0.3, 0.4) is 0 Å². The Bertz CT molecular complexity index is 500. The Labute approximate surface area is 127 Å². The van der Waals surface area contributed by atoms with E-state index in [1.807, 2.05) is 0 Å². The number of rotatable bonds is 4. The van der Waals surface area contributed by atoms with E-state index in [9.17, 15) is 4.79 Å². The van der Waals surface area contributed by atoms with Crippen LogP contribution in [-0.2, 0) is 11.2 Å². The van der Waals surface area contributed by atoms with Crippen LogP contribution in [0.1, 0.15) is 55.6 Å². The molecule has 2 aliphatic carbocycles. The van der Waals surface area contributed by atoms with E-state index in [4.69, 9.17) is 5.73 Å². The summed E-state index contributed by atoms with van der Waals surface area (Å²) in [7, 11) is 0. The SMILES string of the molecule is N[C@@H]1CCC[C@H]1CC(=O)NCC1CCCc2ccccc21. The molecule has 1 aromatic carbocycles. The third-order valence-electron chi connectivity index (χ3n) is 5.20. The van der Waals surface area contributed by atoms with E-state index in [-0.39, 0.29) is 11.9 Å². The summed E-state index contributed by atoms with van der Waals surface area (Å²) < 4.78 is 0. The van der Waals surface area contributed by atoms with Crippen molar-refractivity contribution < 1.29 is 4.79 Å². The Morgan fingerprint density at radius 2 is 2.05 bits per heavy atom. The van der Waals surface area contributed by atoms with Gasteiger partial charge in [-0.1, -0.05) is 30.7 Å². The molecule has 0 bridgehead atoms. The van der Waals surface area contributed by atoms with Crippen molar-refractivity contribution >= 4 is 5.91 Å². The molecule has 3 atom stereocenters. The first-order chi connectivity index (χ1) is 10.2. The van der Waals surface area contributed by atoms with Gasteiger partial charge in [0.05, 0.1) is 0 Å². The molecule has 3 rings (SSSR count). The molecule has 1 unspecified atom stereocenters. The molecule has 1 aromatic rings. The summed E-state index contributed by atoms with van der Waals surface area (Å²) in [6.07, 6.45) is 7.56. The van der Waals surface area contributed by atoms with Crippen LogP contribution in [0.2, 0.25) is 0 Å². The standard InChI is InChI=1S/C18H26N2O/c19-17-10-4-7-14(17)11-18(21)20-12-15-8-3-6-13-5-1-2-9-16(13)15/h1-2,5,9,14-15,17H,3-4,6-8,10-12,19H2,(H,20,21)/t14-,15?,17+/m0/s1. The predicted molar refractivity (Wildman–Crippen MR) is 85.1 cm³/mol. The predicted octanol–water partition coefficient (Wildman–Crippen LogP) is 2.74. The fraction of sp³-hybridized carbons (Fsp3) is 0.611. The lowest BCUT2D eigenvalue weighted by Crippen LogP contribution is -2.34. The van der Waals surface area contributed by atoms with E-state index in [0.29, 0.717) is 18.3 Å². The van der Waals surface area contributed by atoms with E-state index in [2.05, 4.69) is 29.6 Å². The molecule has 2 aliphatic rings. The van der Waals surface area contributed by atoms with Crippen molar-refractivity contribution in [2.75, 3.05) is 6.54 Å². The van der Waals surface area contributed by atoms with Gasteiger partial charge in [-0.15, -0.1) is 0 Å². The Balaban J connectivity index is 1.52. The number of hydrogen-bond acceptors (Lipinski definition) is 2. The van der Waals surface area contributed by atoms with Gasteiger partial charge in [-0.05, 0) is 49.1 Å². The number of hydrogen-bond donors (Lipinski definition) is 2. The minimum absolute atomic E-state index is 0.181. The molecule has 0 heterocycles. The van der Waals surface area contributed by atoms with Gasteiger partial charge in [0.25, 0.3) is 0 Å². The number of benzene rings is 1. The molecule has 21 heavy (non-hydrogen) atoms. The van der Waals surface area contributed by atoms with Gasteiger partial charge in [-0.25, -0.2) is 0 Å². The second-order valence-corrected chi connectivity index (χ2v) is 6.65. The van der Waals surface area contributed by atoms with Crippen LogP contribution in [-0.4, -0.2) is 18.5 Å². The highest BCUT2D eigenvalue weighted by atomic mass is 16.1. The first kappa shape index (κ1) is 14.6. The lowest BCUT2D eigenvalue weighted by molar-refractivity contribution is -0.122. The largest absolute Gasteiger partial charge is 0.355 e. The lowest BCUT2D eigenvalue weighted by atomic mass is 9.83. The van der Waals surface area contributed by atoms with Crippen molar-refractivity contribution in [1.82, 2.24) is 5.32 Å².